The lowest BCUT2D eigenvalue weighted by atomic mass is 10.2. The quantitative estimate of drug-likeness (QED) is 0.768. The van der Waals surface area contributed by atoms with Crippen molar-refractivity contribution in [3.63, 3.8) is 0 Å². The fourth-order valence-corrected chi connectivity index (χ4v) is 1.22. The van der Waals surface area contributed by atoms with Crippen LogP contribution in [0, 0.1) is 6.92 Å². The summed E-state index contributed by atoms with van der Waals surface area (Å²) < 4.78 is 5.18. The van der Waals surface area contributed by atoms with Gasteiger partial charge in [0.05, 0.1) is 6.10 Å². The van der Waals surface area contributed by atoms with E-state index < -0.39 is 0 Å². The van der Waals surface area contributed by atoms with E-state index in [4.69, 9.17) is 4.74 Å². The number of nitrogens with one attached hydrogen (secondary N) is 1. The van der Waals surface area contributed by atoms with E-state index in [2.05, 4.69) is 5.32 Å². The van der Waals surface area contributed by atoms with Gasteiger partial charge in [-0.3, -0.25) is 4.79 Å². The Kier molecular flexibility index (Phi) is 4.31. The molecule has 0 aliphatic rings. The highest BCUT2D eigenvalue weighted by Gasteiger charge is 2.06. The number of aryl methyl sites for hydroxylation is 1. The molecule has 0 aliphatic carbocycles. The van der Waals surface area contributed by atoms with Crippen LogP contribution in [0.5, 0.6) is 5.75 Å². The number of amides is 1. The Morgan fingerprint density at radius 3 is 2.75 bits per heavy atom. The maximum Gasteiger partial charge on any atom is 0.250 e. The summed E-state index contributed by atoms with van der Waals surface area (Å²) in [5, 5.41) is 11.9. The first-order valence-corrected chi connectivity index (χ1v) is 5.20. The number of ether oxygens (including phenoxy) is 1. The molecular formula is C12H17NO3. The highest BCUT2D eigenvalue weighted by molar-refractivity contribution is 5.92. The first-order chi connectivity index (χ1) is 7.49. The van der Waals surface area contributed by atoms with E-state index in [9.17, 15) is 9.90 Å². The van der Waals surface area contributed by atoms with E-state index in [-0.39, 0.29) is 24.4 Å². The van der Waals surface area contributed by atoms with Crippen LogP contribution in [0.15, 0.2) is 18.2 Å². The second-order valence-electron chi connectivity index (χ2n) is 3.91. The molecule has 4 heteroatoms. The van der Waals surface area contributed by atoms with Crippen molar-refractivity contribution in [2.45, 2.75) is 26.9 Å². The van der Waals surface area contributed by atoms with E-state index in [1.807, 2.05) is 20.8 Å². The minimum atomic E-state index is -0.192. The van der Waals surface area contributed by atoms with Crippen molar-refractivity contribution in [1.82, 2.24) is 0 Å². The summed E-state index contributed by atoms with van der Waals surface area (Å²) in [6.07, 6.45) is 0.0339. The Balaban J connectivity index is 2.56. The maximum atomic E-state index is 11.5. The van der Waals surface area contributed by atoms with Gasteiger partial charge in [-0.2, -0.15) is 0 Å². The molecule has 0 atom stereocenters. The normalized spacial score (nSPS) is 10.5. The van der Waals surface area contributed by atoms with E-state index in [0.29, 0.717) is 5.69 Å². The average Bonchev–Trinajstić information content (AvgIpc) is 2.19. The zero-order valence-electron chi connectivity index (χ0n) is 9.78. The van der Waals surface area contributed by atoms with E-state index in [1.165, 1.54) is 6.07 Å². The molecule has 0 radical (unpaired) electrons. The highest BCUT2D eigenvalue weighted by Crippen LogP contribution is 2.19. The first-order valence-electron chi connectivity index (χ1n) is 5.20. The molecule has 0 aromatic heterocycles. The van der Waals surface area contributed by atoms with Gasteiger partial charge in [-0.15, -0.1) is 0 Å². The number of rotatable bonds is 4. The van der Waals surface area contributed by atoms with Crippen molar-refractivity contribution in [3.8, 4) is 5.75 Å². The van der Waals surface area contributed by atoms with Gasteiger partial charge in [0.1, 0.15) is 12.4 Å². The van der Waals surface area contributed by atoms with Crippen molar-refractivity contribution in [2.24, 2.45) is 0 Å². The van der Waals surface area contributed by atoms with Gasteiger partial charge in [0, 0.05) is 5.69 Å². The number of phenolic OH excluding ortho intramolecular Hbond substituents is 1. The van der Waals surface area contributed by atoms with Crippen LogP contribution in [-0.2, 0) is 9.53 Å². The lowest BCUT2D eigenvalue weighted by Gasteiger charge is -2.10. The Morgan fingerprint density at radius 1 is 1.50 bits per heavy atom. The van der Waals surface area contributed by atoms with Crippen molar-refractivity contribution in [3.05, 3.63) is 23.8 Å². The van der Waals surface area contributed by atoms with Gasteiger partial charge in [-0.05, 0) is 44.5 Å². The number of hydrogen-bond acceptors (Lipinski definition) is 3. The number of benzene rings is 1. The highest BCUT2D eigenvalue weighted by atomic mass is 16.5. The van der Waals surface area contributed by atoms with Crippen LogP contribution in [0.2, 0.25) is 0 Å². The topological polar surface area (TPSA) is 58.6 Å². The number of anilines is 1. The molecule has 0 saturated heterocycles. The van der Waals surface area contributed by atoms with Crippen molar-refractivity contribution < 1.29 is 14.6 Å². The predicted octanol–water partition coefficient (Wildman–Crippen LogP) is 2.06. The van der Waals surface area contributed by atoms with Crippen LogP contribution in [0.25, 0.3) is 0 Å². The second-order valence-corrected chi connectivity index (χ2v) is 3.91. The second kappa shape index (κ2) is 5.51. The van der Waals surface area contributed by atoms with Crippen LogP contribution in [0.1, 0.15) is 19.4 Å². The summed E-state index contributed by atoms with van der Waals surface area (Å²) in [6.45, 7) is 5.61. The van der Waals surface area contributed by atoms with Crippen LogP contribution in [0.3, 0.4) is 0 Å². The monoisotopic (exact) mass is 223 g/mol. The molecule has 1 aromatic carbocycles. The van der Waals surface area contributed by atoms with Gasteiger partial charge in [0.2, 0.25) is 5.91 Å². The van der Waals surface area contributed by atoms with Gasteiger partial charge in [-0.1, -0.05) is 0 Å². The Hall–Kier alpha value is -1.55. The smallest absolute Gasteiger partial charge is 0.250 e. The molecule has 0 bridgehead atoms. The minimum absolute atomic E-state index is 0.0339. The van der Waals surface area contributed by atoms with Crippen LogP contribution >= 0.6 is 0 Å². The standard InChI is InChI=1S/C12H17NO3/c1-8(2)16-7-12(15)13-11-5-4-10(14)6-9(11)3/h4-6,8,14H,7H2,1-3H3,(H,13,15). The fraction of sp³-hybridized carbons (Fsp3) is 0.417. The molecule has 0 heterocycles. The average molecular weight is 223 g/mol. The number of hydrogen-bond donors (Lipinski definition) is 2. The Morgan fingerprint density at radius 2 is 2.19 bits per heavy atom. The zero-order valence-corrected chi connectivity index (χ0v) is 9.78. The first kappa shape index (κ1) is 12.5. The van der Waals surface area contributed by atoms with E-state index in [1.54, 1.807) is 12.1 Å². The number of aromatic hydroxyl groups is 1. The SMILES string of the molecule is Cc1cc(O)ccc1NC(=O)COC(C)C. The van der Waals surface area contributed by atoms with E-state index >= 15 is 0 Å². The lowest BCUT2D eigenvalue weighted by Crippen LogP contribution is -2.21. The number of carbonyl (C=O) groups is 1. The molecule has 0 fully saturated rings. The van der Waals surface area contributed by atoms with Gasteiger partial charge in [0.25, 0.3) is 0 Å². The molecule has 1 amide bonds. The van der Waals surface area contributed by atoms with Crippen molar-refractivity contribution in [2.75, 3.05) is 11.9 Å². The summed E-state index contributed by atoms with van der Waals surface area (Å²) in [6, 6.07) is 4.79. The summed E-state index contributed by atoms with van der Waals surface area (Å²) in [5.41, 5.74) is 1.51. The molecule has 1 aromatic rings. The van der Waals surface area contributed by atoms with Crippen LogP contribution < -0.4 is 5.32 Å². The van der Waals surface area contributed by atoms with Crippen molar-refractivity contribution >= 4 is 11.6 Å². The predicted molar refractivity (Wildman–Crippen MR) is 62.6 cm³/mol. The minimum Gasteiger partial charge on any atom is -0.508 e. The maximum absolute atomic E-state index is 11.5. The summed E-state index contributed by atoms with van der Waals surface area (Å²) in [4.78, 5) is 11.5. The molecular weight excluding hydrogens is 206 g/mol. The van der Waals surface area contributed by atoms with Gasteiger partial charge >= 0.3 is 0 Å². The Labute approximate surface area is 95.2 Å². The third kappa shape index (κ3) is 3.90. The van der Waals surface area contributed by atoms with Crippen LogP contribution in [-0.4, -0.2) is 23.7 Å². The number of phenols is 1. The summed E-state index contributed by atoms with van der Waals surface area (Å²) >= 11 is 0. The molecule has 88 valence electrons. The summed E-state index contributed by atoms with van der Waals surface area (Å²) in [5.74, 6) is -0.00332. The van der Waals surface area contributed by atoms with E-state index in [0.717, 1.165) is 5.56 Å². The van der Waals surface area contributed by atoms with Gasteiger partial charge in [-0.25, -0.2) is 0 Å². The molecule has 0 saturated carbocycles. The van der Waals surface area contributed by atoms with Crippen molar-refractivity contribution in [1.29, 1.82) is 0 Å². The lowest BCUT2D eigenvalue weighted by molar-refractivity contribution is -0.121. The molecule has 2 N–H and O–H groups in total. The zero-order chi connectivity index (χ0) is 12.1. The molecule has 1 rings (SSSR count). The number of carbonyl (C=O) groups excluding carboxylic acids is 1. The molecule has 0 unspecified atom stereocenters. The molecule has 16 heavy (non-hydrogen) atoms. The fourth-order valence-electron chi connectivity index (χ4n) is 1.22. The third-order valence-electron chi connectivity index (χ3n) is 2.03. The summed E-state index contributed by atoms with van der Waals surface area (Å²) in [7, 11) is 0. The molecule has 4 nitrogen and oxygen atoms in total. The van der Waals surface area contributed by atoms with Crippen LogP contribution in [0.4, 0.5) is 5.69 Å². The largest absolute Gasteiger partial charge is 0.508 e. The van der Waals surface area contributed by atoms with Gasteiger partial charge < -0.3 is 15.2 Å². The molecule has 0 aliphatic heterocycles. The van der Waals surface area contributed by atoms with Gasteiger partial charge in [0.15, 0.2) is 0 Å². The third-order valence-corrected chi connectivity index (χ3v) is 2.03. The Bertz CT molecular complexity index is 375. The molecule has 0 spiro atoms.